The van der Waals surface area contributed by atoms with Gasteiger partial charge in [0.05, 0.1) is 7.11 Å². The lowest BCUT2D eigenvalue weighted by Gasteiger charge is -2.31. The first kappa shape index (κ1) is 18.2. The molecule has 2 aliphatic carbocycles. The van der Waals surface area contributed by atoms with Crippen molar-refractivity contribution in [3.8, 4) is 5.75 Å². The number of hydrogen-bond acceptors (Lipinski definition) is 4. The number of benzene rings is 1. The molecule has 0 saturated heterocycles. The van der Waals surface area contributed by atoms with Crippen LogP contribution >= 0.6 is 0 Å². The van der Waals surface area contributed by atoms with Crippen LogP contribution in [0.4, 0.5) is 0 Å². The van der Waals surface area contributed by atoms with Gasteiger partial charge in [-0.05, 0) is 43.9 Å². The average molecular weight is 366 g/mol. The summed E-state index contributed by atoms with van der Waals surface area (Å²) in [5, 5.41) is 0. The highest BCUT2D eigenvalue weighted by atomic mass is 32.2. The lowest BCUT2D eigenvalue weighted by Crippen LogP contribution is -2.38. The van der Waals surface area contributed by atoms with Gasteiger partial charge in [-0.2, -0.15) is 0 Å². The number of hydrogen-bond donors (Lipinski definition) is 1. The zero-order valence-corrected chi connectivity index (χ0v) is 15.6. The van der Waals surface area contributed by atoms with E-state index in [1.54, 1.807) is 24.1 Å². The summed E-state index contributed by atoms with van der Waals surface area (Å²) < 4.78 is 33.0. The number of nitrogens with zero attached hydrogens (tertiary/aromatic N) is 1. The van der Waals surface area contributed by atoms with Crippen molar-refractivity contribution >= 4 is 15.9 Å². The van der Waals surface area contributed by atoms with Crippen LogP contribution in [-0.2, 0) is 10.0 Å². The van der Waals surface area contributed by atoms with Crippen molar-refractivity contribution in [2.24, 2.45) is 0 Å². The van der Waals surface area contributed by atoms with Crippen molar-refractivity contribution in [3.63, 3.8) is 0 Å². The monoisotopic (exact) mass is 366 g/mol. The molecule has 1 aromatic carbocycles. The summed E-state index contributed by atoms with van der Waals surface area (Å²) in [6, 6.07) is 4.86. The van der Waals surface area contributed by atoms with E-state index in [-0.39, 0.29) is 28.6 Å². The maximum Gasteiger partial charge on any atom is 0.253 e. The quantitative estimate of drug-likeness (QED) is 0.839. The molecule has 0 spiro atoms. The van der Waals surface area contributed by atoms with E-state index in [0.29, 0.717) is 5.56 Å². The molecule has 1 amide bonds. The number of carbonyl (C=O) groups excluding carboxylic acids is 1. The predicted molar refractivity (Wildman–Crippen MR) is 95.3 cm³/mol. The Kier molecular flexibility index (Phi) is 5.34. The van der Waals surface area contributed by atoms with Crippen molar-refractivity contribution in [2.75, 3.05) is 14.2 Å². The van der Waals surface area contributed by atoms with E-state index in [9.17, 15) is 13.2 Å². The minimum Gasteiger partial charge on any atom is -0.495 e. The third-order valence-corrected chi connectivity index (χ3v) is 6.58. The molecule has 6 nitrogen and oxygen atoms in total. The van der Waals surface area contributed by atoms with Crippen LogP contribution in [0.2, 0.25) is 0 Å². The fraction of sp³-hybridized carbons (Fsp3) is 0.611. The van der Waals surface area contributed by atoms with Gasteiger partial charge in [0.2, 0.25) is 10.0 Å². The summed E-state index contributed by atoms with van der Waals surface area (Å²) in [4.78, 5) is 14.6. The van der Waals surface area contributed by atoms with E-state index in [0.717, 1.165) is 38.5 Å². The minimum atomic E-state index is -3.69. The van der Waals surface area contributed by atoms with Crippen LogP contribution in [0.25, 0.3) is 0 Å². The predicted octanol–water partition coefficient (Wildman–Crippen LogP) is 2.54. The summed E-state index contributed by atoms with van der Waals surface area (Å²) in [6.45, 7) is 0. The smallest absolute Gasteiger partial charge is 0.253 e. The SMILES string of the molecule is COc1ccc(C(=O)N(C)C2CCCCC2)cc1S(=O)(=O)NC1CC1. The Morgan fingerprint density at radius 2 is 1.84 bits per heavy atom. The van der Waals surface area contributed by atoms with Gasteiger partial charge in [-0.1, -0.05) is 19.3 Å². The summed E-state index contributed by atoms with van der Waals surface area (Å²) >= 11 is 0. The molecule has 0 heterocycles. The molecule has 138 valence electrons. The standard InChI is InChI=1S/C18H26N2O4S/c1-20(15-6-4-3-5-7-15)18(21)13-8-11-16(24-2)17(12-13)25(22,23)19-14-9-10-14/h8,11-12,14-15,19H,3-7,9-10H2,1-2H3. The van der Waals surface area contributed by atoms with Gasteiger partial charge < -0.3 is 9.64 Å². The lowest BCUT2D eigenvalue weighted by molar-refractivity contribution is 0.0696. The van der Waals surface area contributed by atoms with Crippen LogP contribution in [0.3, 0.4) is 0 Å². The molecule has 25 heavy (non-hydrogen) atoms. The zero-order chi connectivity index (χ0) is 18.0. The van der Waals surface area contributed by atoms with Crippen molar-refractivity contribution in [2.45, 2.75) is 61.9 Å². The Morgan fingerprint density at radius 1 is 1.16 bits per heavy atom. The number of methoxy groups -OCH3 is 1. The molecule has 2 aliphatic rings. The fourth-order valence-corrected chi connectivity index (χ4v) is 4.84. The van der Waals surface area contributed by atoms with Gasteiger partial charge in [-0.15, -0.1) is 0 Å². The molecule has 0 aliphatic heterocycles. The van der Waals surface area contributed by atoms with Gasteiger partial charge in [-0.3, -0.25) is 4.79 Å². The largest absolute Gasteiger partial charge is 0.495 e. The maximum absolute atomic E-state index is 12.8. The maximum atomic E-state index is 12.8. The normalized spacial score (nSPS) is 18.8. The first-order valence-corrected chi connectivity index (χ1v) is 10.4. The van der Waals surface area contributed by atoms with Gasteiger partial charge in [-0.25, -0.2) is 13.1 Å². The molecule has 0 radical (unpaired) electrons. The highest BCUT2D eigenvalue weighted by Gasteiger charge is 2.31. The molecule has 0 bridgehead atoms. The minimum absolute atomic E-state index is 0.000948. The molecule has 1 aromatic rings. The average Bonchev–Trinajstić information content (AvgIpc) is 3.44. The number of rotatable bonds is 6. The summed E-state index contributed by atoms with van der Waals surface area (Å²) in [7, 11) is -0.456. The van der Waals surface area contributed by atoms with Gasteiger partial charge in [0.1, 0.15) is 10.6 Å². The third kappa shape index (κ3) is 4.15. The van der Waals surface area contributed by atoms with E-state index >= 15 is 0 Å². The second-order valence-electron chi connectivity index (χ2n) is 6.97. The van der Waals surface area contributed by atoms with Crippen LogP contribution in [0.1, 0.15) is 55.3 Å². The van der Waals surface area contributed by atoms with Gasteiger partial charge in [0, 0.05) is 24.7 Å². The molecule has 0 unspecified atom stereocenters. The van der Waals surface area contributed by atoms with Crippen LogP contribution in [0.15, 0.2) is 23.1 Å². The van der Waals surface area contributed by atoms with Crippen molar-refractivity contribution in [1.82, 2.24) is 9.62 Å². The van der Waals surface area contributed by atoms with E-state index in [4.69, 9.17) is 4.74 Å². The first-order valence-electron chi connectivity index (χ1n) is 8.90. The second-order valence-corrected chi connectivity index (χ2v) is 8.65. The Balaban J connectivity index is 1.86. The van der Waals surface area contributed by atoms with Crippen LogP contribution in [-0.4, -0.2) is 45.5 Å². The lowest BCUT2D eigenvalue weighted by atomic mass is 9.94. The first-order chi connectivity index (χ1) is 11.9. The van der Waals surface area contributed by atoms with Crippen molar-refractivity contribution in [1.29, 1.82) is 0 Å². The molecule has 2 saturated carbocycles. The number of ether oxygens (including phenoxy) is 1. The molecule has 0 aromatic heterocycles. The van der Waals surface area contributed by atoms with Crippen LogP contribution < -0.4 is 9.46 Å². The molecule has 7 heteroatoms. The Hall–Kier alpha value is -1.60. The molecule has 0 atom stereocenters. The van der Waals surface area contributed by atoms with Crippen LogP contribution in [0.5, 0.6) is 5.75 Å². The Bertz CT molecular complexity index is 737. The number of sulfonamides is 1. The highest BCUT2D eigenvalue weighted by molar-refractivity contribution is 7.89. The van der Waals surface area contributed by atoms with Crippen molar-refractivity contribution < 1.29 is 17.9 Å². The van der Waals surface area contributed by atoms with Crippen LogP contribution in [0, 0.1) is 0 Å². The fourth-order valence-electron chi connectivity index (χ4n) is 3.34. The summed E-state index contributed by atoms with van der Waals surface area (Å²) in [5.74, 6) is 0.113. The van der Waals surface area contributed by atoms with Gasteiger partial charge in [0.15, 0.2) is 0 Å². The van der Waals surface area contributed by atoms with Gasteiger partial charge >= 0.3 is 0 Å². The third-order valence-electron chi connectivity index (χ3n) is 5.04. The summed E-state index contributed by atoms with van der Waals surface area (Å²) in [5.41, 5.74) is 0.380. The topological polar surface area (TPSA) is 75.7 Å². The van der Waals surface area contributed by atoms with E-state index < -0.39 is 10.0 Å². The second kappa shape index (κ2) is 7.33. The summed E-state index contributed by atoms with van der Waals surface area (Å²) in [6.07, 6.45) is 7.21. The molecule has 2 fully saturated rings. The number of nitrogens with one attached hydrogen (secondary N) is 1. The van der Waals surface area contributed by atoms with Crippen molar-refractivity contribution in [3.05, 3.63) is 23.8 Å². The van der Waals surface area contributed by atoms with E-state index in [1.807, 2.05) is 0 Å². The Morgan fingerprint density at radius 3 is 2.44 bits per heavy atom. The van der Waals surface area contributed by atoms with E-state index in [1.165, 1.54) is 19.6 Å². The number of carbonyl (C=O) groups is 1. The Labute approximate surface area is 149 Å². The molecule has 3 rings (SSSR count). The highest BCUT2D eigenvalue weighted by Crippen LogP contribution is 2.29. The number of amides is 1. The van der Waals surface area contributed by atoms with E-state index in [2.05, 4.69) is 4.72 Å². The zero-order valence-electron chi connectivity index (χ0n) is 14.8. The molecular formula is C18H26N2O4S. The molecule has 1 N–H and O–H groups in total. The van der Waals surface area contributed by atoms with Gasteiger partial charge in [0.25, 0.3) is 5.91 Å². The molecular weight excluding hydrogens is 340 g/mol.